The van der Waals surface area contributed by atoms with Gasteiger partial charge in [0.1, 0.15) is 5.52 Å². The van der Waals surface area contributed by atoms with Crippen LogP contribution in [0.5, 0.6) is 0 Å². The first-order valence-corrected chi connectivity index (χ1v) is 19.0. The van der Waals surface area contributed by atoms with Gasteiger partial charge in [0.05, 0.1) is 11.4 Å². The summed E-state index contributed by atoms with van der Waals surface area (Å²) in [6.07, 6.45) is 0. The fourth-order valence-corrected chi connectivity index (χ4v) is 8.46. The van der Waals surface area contributed by atoms with Crippen LogP contribution >= 0.6 is 0 Å². The van der Waals surface area contributed by atoms with Crippen LogP contribution in [0.25, 0.3) is 87.9 Å². The number of oxazole rings is 1. The molecule has 11 rings (SSSR count). The van der Waals surface area contributed by atoms with Crippen molar-refractivity contribution < 1.29 is 4.42 Å². The van der Waals surface area contributed by atoms with Gasteiger partial charge in [0, 0.05) is 33.0 Å². The second kappa shape index (κ2) is 13.1. The smallest absolute Gasteiger partial charge is 0.227 e. The lowest BCUT2D eigenvalue weighted by molar-refractivity contribution is 0.623. The van der Waals surface area contributed by atoms with E-state index in [2.05, 4.69) is 181 Å². The van der Waals surface area contributed by atoms with Gasteiger partial charge >= 0.3 is 0 Å². The summed E-state index contributed by atoms with van der Waals surface area (Å²) in [4.78, 5) is 7.37. The molecule has 56 heavy (non-hydrogen) atoms. The lowest BCUT2D eigenvalue weighted by atomic mass is 9.94. The molecule has 0 unspecified atom stereocenters. The lowest BCUT2D eigenvalue weighted by Crippen LogP contribution is -2.12. The summed E-state index contributed by atoms with van der Waals surface area (Å²) in [6.45, 7) is 0. The Morgan fingerprint density at radius 2 is 0.964 bits per heavy atom. The number of hydrogen-bond donors (Lipinski definition) is 0. The van der Waals surface area contributed by atoms with Crippen LogP contribution in [-0.4, -0.2) is 4.98 Å². The molecule has 0 atom stereocenters. The molecule has 0 radical (unpaired) electrons. The van der Waals surface area contributed by atoms with Gasteiger partial charge in [-0.1, -0.05) is 164 Å². The van der Waals surface area contributed by atoms with Crippen LogP contribution < -0.4 is 4.90 Å². The van der Waals surface area contributed by atoms with Gasteiger partial charge < -0.3 is 9.32 Å². The first-order chi connectivity index (χ1) is 27.8. The Balaban J connectivity index is 1.17. The molecule has 0 bridgehead atoms. The molecule has 3 nitrogen and oxygen atoms in total. The zero-order valence-corrected chi connectivity index (χ0v) is 30.4. The summed E-state index contributed by atoms with van der Waals surface area (Å²) >= 11 is 0. The van der Waals surface area contributed by atoms with Crippen molar-refractivity contribution >= 4 is 71.3 Å². The summed E-state index contributed by atoms with van der Waals surface area (Å²) in [5, 5.41) is 9.25. The van der Waals surface area contributed by atoms with E-state index in [0.717, 1.165) is 60.8 Å². The second-order valence-electron chi connectivity index (χ2n) is 14.3. The fraction of sp³-hybridized carbons (Fsp3) is 0. The van der Waals surface area contributed by atoms with E-state index in [1.54, 1.807) is 0 Å². The van der Waals surface area contributed by atoms with E-state index in [4.69, 9.17) is 9.40 Å². The van der Waals surface area contributed by atoms with Crippen molar-refractivity contribution in [3.8, 4) is 33.7 Å². The molecule has 10 aromatic carbocycles. The molecule has 0 N–H and O–H groups in total. The molecule has 0 aliphatic rings. The van der Waals surface area contributed by atoms with Crippen molar-refractivity contribution in [1.29, 1.82) is 0 Å². The minimum atomic E-state index is 0.630. The summed E-state index contributed by atoms with van der Waals surface area (Å²) < 4.78 is 6.62. The average Bonchev–Trinajstić information content (AvgIpc) is 3.72. The van der Waals surface area contributed by atoms with Crippen molar-refractivity contribution in [2.24, 2.45) is 0 Å². The highest BCUT2D eigenvalue weighted by Gasteiger charge is 2.22. The number of hydrogen-bond acceptors (Lipinski definition) is 3. The Labute approximate surface area is 324 Å². The summed E-state index contributed by atoms with van der Waals surface area (Å²) in [7, 11) is 0. The molecule has 0 saturated heterocycles. The van der Waals surface area contributed by atoms with Crippen molar-refractivity contribution in [3.63, 3.8) is 0 Å². The maximum absolute atomic E-state index is 6.62. The molecule has 3 heteroatoms. The largest absolute Gasteiger partial charge is 0.435 e. The Bertz CT molecular complexity index is 3240. The normalized spacial score (nSPS) is 11.6. The molecule has 1 aromatic heterocycles. The molecule has 1 heterocycles. The topological polar surface area (TPSA) is 29.3 Å². The van der Waals surface area contributed by atoms with Gasteiger partial charge in [-0.15, -0.1) is 0 Å². The molecule has 0 aliphatic carbocycles. The zero-order chi connectivity index (χ0) is 37.0. The maximum atomic E-state index is 6.62. The summed E-state index contributed by atoms with van der Waals surface area (Å²) in [6, 6.07) is 73.6. The van der Waals surface area contributed by atoms with Crippen molar-refractivity contribution in [2.75, 3.05) is 4.90 Å². The quantitative estimate of drug-likeness (QED) is 0.161. The molecule has 0 aliphatic heterocycles. The Morgan fingerprint density at radius 3 is 1.71 bits per heavy atom. The monoisotopic (exact) mass is 714 g/mol. The van der Waals surface area contributed by atoms with Crippen molar-refractivity contribution in [1.82, 2.24) is 4.98 Å². The molecule has 0 saturated carbocycles. The van der Waals surface area contributed by atoms with Crippen LogP contribution in [0, 0.1) is 0 Å². The minimum Gasteiger partial charge on any atom is -0.435 e. The van der Waals surface area contributed by atoms with Crippen LogP contribution in [0.2, 0.25) is 0 Å². The molecule has 0 spiro atoms. The minimum absolute atomic E-state index is 0.630. The van der Waals surface area contributed by atoms with Crippen molar-refractivity contribution in [3.05, 3.63) is 206 Å². The Kier molecular flexibility index (Phi) is 7.49. The first-order valence-electron chi connectivity index (χ1n) is 19.0. The van der Waals surface area contributed by atoms with Crippen molar-refractivity contribution in [2.45, 2.75) is 0 Å². The Morgan fingerprint density at radius 1 is 0.375 bits per heavy atom. The van der Waals surface area contributed by atoms with Gasteiger partial charge in [0.2, 0.25) is 5.89 Å². The van der Waals surface area contributed by atoms with E-state index in [0.29, 0.717) is 5.89 Å². The number of rotatable bonds is 6. The van der Waals surface area contributed by atoms with Crippen LogP contribution in [-0.2, 0) is 0 Å². The van der Waals surface area contributed by atoms with E-state index in [1.807, 2.05) is 30.3 Å². The van der Waals surface area contributed by atoms with Gasteiger partial charge in [-0.2, -0.15) is 0 Å². The highest BCUT2D eigenvalue weighted by molar-refractivity contribution is 6.26. The van der Waals surface area contributed by atoms with Gasteiger partial charge in [-0.05, 0) is 86.1 Å². The SMILES string of the molecule is c1ccc(-c2nc3ccc4ccc5ccc6cc(N(c7ccccc7-c7ccccc7)c7ccc(-c8ccccc8)c8ccccc78)ccc6c5c4c3o2)cc1. The molecular formula is C53H34N2O. The molecule has 0 amide bonds. The lowest BCUT2D eigenvalue weighted by Gasteiger charge is -2.30. The number of para-hydroxylation sites is 1. The van der Waals surface area contributed by atoms with Crippen LogP contribution in [0.15, 0.2) is 211 Å². The zero-order valence-electron chi connectivity index (χ0n) is 30.4. The molecule has 0 fully saturated rings. The van der Waals surface area contributed by atoms with E-state index >= 15 is 0 Å². The predicted octanol–water partition coefficient (Wildman–Crippen LogP) is 14.9. The van der Waals surface area contributed by atoms with E-state index in [9.17, 15) is 0 Å². The molecular weight excluding hydrogens is 681 g/mol. The average molecular weight is 715 g/mol. The van der Waals surface area contributed by atoms with Crippen LogP contribution in [0.3, 0.4) is 0 Å². The van der Waals surface area contributed by atoms with Crippen LogP contribution in [0.4, 0.5) is 17.1 Å². The third-order valence-electron chi connectivity index (χ3n) is 11.1. The highest BCUT2D eigenvalue weighted by Crippen LogP contribution is 2.47. The Hall–Kier alpha value is -7.49. The second-order valence-corrected chi connectivity index (χ2v) is 14.3. The third kappa shape index (κ3) is 5.25. The molecule has 11 aromatic rings. The highest BCUT2D eigenvalue weighted by atomic mass is 16.3. The number of aromatic nitrogens is 1. The number of nitrogens with zero attached hydrogens (tertiary/aromatic N) is 2. The standard InChI is InChI=1S/C53H34N2O/c1-4-14-35(15-5-1)42-31-33-49(46-22-11-10-21-45(42)46)55(48-23-13-12-20-43(48)36-16-6-2-7-17-36)41-29-30-44-40(34-41)27-26-37-24-25-38-28-32-47-52(51(38)50(37)44)56-53(54-47)39-18-8-3-9-19-39/h1-34H. The maximum Gasteiger partial charge on any atom is 0.227 e. The summed E-state index contributed by atoms with van der Waals surface area (Å²) in [5.74, 6) is 0.630. The number of benzene rings is 10. The van der Waals surface area contributed by atoms with Gasteiger partial charge in [-0.25, -0.2) is 4.98 Å². The predicted molar refractivity (Wildman–Crippen MR) is 235 cm³/mol. The fourth-order valence-electron chi connectivity index (χ4n) is 8.46. The van der Waals surface area contributed by atoms with Crippen LogP contribution in [0.1, 0.15) is 0 Å². The summed E-state index contributed by atoms with van der Waals surface area (Å²) in [5.41, 5.74) is 10.7. The first kappa shape index (κ1) is 32.0. The van der Waals surface area contributed by atoms with E-state index < -0.39 is 0 Å². The third-order valence-corrected chi connectivity index (χ3v) is 11.1. The van der Waals surface area contributed by atoms with E-state index in [-0.39, 0.29) is 0 Å². The number of fused-ring (bicyclic) bond motifs is 8. The van der Waals surface area contributed by atoms with E-state index in [1.165, 1.54) is 38.2 Å². The number of anilines is 3. The van der Waals surface area contributed by atoms with Gasteiger partial charge in [-0.3, -0.25) is 0 Å². The van der Waals surface area contributed by atoms with Gasteiger partial charge in [0.25, 0.3) is 0 Å². The van der Waals surface area contributed by atoms with Gasteiger partial charge in [0.15, 0.2) is 5.58 Å². The molecule has 262 valence electrons.